The summed E-state index contributed by atoms with van der Waals surface area (Å²) in [4.78, 5) is 8.51. The Morgan fingerprint density at radius 3 is 2.56 bits per heavy atom. The summed E-state index contributed by atoms with van der Waals surface area (Å²) >= 11 is 0. The van der Waals surface area contributed by atoms with Gasteiger partial charge in [0.15, 0.2) is 23.0 Å². The first-order chi connectivity index (χ1) is 30.6. The van der Waals surface area contributed by atoms with E-state index in [-0.39, 0.29) is 68.4 Å². The lowest BCUT2D eigenvalue weighted by atomic mass is 9.33. The SMILES string of the molecule is Oc1ccc(C=Cc2c(CCc3ccc4c(c3)CCC3=CC5CC6CCCC67CCC68CCCC6C=CC(O)C8C7(c6cnc[nH]6)C5NC34)c(O)c(O)c3c(O)cccc23)cc1O. The van der Waals surface area contributed by atoms with Gasteiger partial charge in [-0.25, -0.2) is 4.98 Å². The van der Waals surface area contributed by atoms with Crippen molar-refractivity contribution in [2.24, 2.45) is 34.5 Å². The number of nitrogens with one attached hydrogen (secondary N) is 2. The number of fused-ring (bicyclic) bond motifs is 7. The molecule has 1 aromatic heterocycles. The molecule has 5 aromatic rings. The van der Waals surface area contributed by atoms with Crippen LogP contribution in [0.4, 0.5) is 0 Å². The van der Waals surface area contributed by atoms with E-state index in [4.69, 9.17) is 4.98 Å². The second-order valence-electron chi connectivity index (χ2n) is 20.3. The highest BCUT2D eigenvalue weighted by Crippen LogP contribution is 2.77. The molecule has 0 bridgehead atoms. The van der Waals surface area contributed by atoms with Crippen LogP contribution in [0.25, 0.3) is 22.9 Å². The summed E-state index contributed by atoms with van der Waals surface area (Å²) in [7, 11) is 0. The number of phenols is 5. The van der Waals surface area contributed by atoms with Gasteiger partial charge in [0.1, 0.15) is 5.75 Å². The largest absolute Gasteiger partial charge is 0.507 e. The fourth-order valence-corrected chi connectivity index (χ4v) is 15.7. The van der Waals surface area contributed by atoms with E-state index >= 15 is 0 Å². The summed E-state index contributed by atoms with van der Waals surface area (Å²) in [5.41, 5.74) is 8.27. The van der Waals surface area contributed by atoms with Gasteiger partial charge in [-0.05, 0) is 151 Å². The number of hydrogen-bond donors (Lipinski definition) is 8. The average Bonchev–Trinajstić information content (AvgIpc) is 4.07. The van der Waals surface area contributed by atoms with Crippen molar-refractivity contribution < 1.29 is 30.6 Å². The van der Waals surface area contributed by atoms with Gasteiger partial charge in [-0.1, -0.05) is 85.2 Å². The number of benzene rings is 4. The topological polar surface area (TPSA) is 162 Å². The highest BCUT2D eigenvalue weighted by atomic mass is 16.3. The molecule has 8 N–H and O–H groups in total. The molecule has 7 aliphatic rings. The van der Waals surface area contributed by atoms with Crippen LogP contribution in [0.15, 0.2) is 90.9 Å². The number of aromatic nitrogens is 2. The van der Waals surface area contributed by atoms with Crippen LogP contribution < -0.4 is 5.32 Å². The lowest BCUT2D eigenvalue weighted by molar-refractivity contribution is -0.190. The zero-order chi connectivity index (χ0) is 42.8. The minimum absolute atomic E-state index is 0.0811. The third kappa shape index (κ3) is 5.45. The van der Waals surface area contributed by atoms with E-state index in [0.29, 0.717) is 52.7 Å². The minimum Gasteiger partial charge on any atom is -0.507 e. The molecule has 4 saturated carbocycles. The number of allylic oxidation sites excluding steroid dienone is 1. The Morgan fingerprint density at radius 1 is 0.810 bits per heavy atom. The van der Waals surface area contributed by atoms with Gasteiger partial charge in [0, 0.05) is 34.8 Å². The first-order valence-corrected chi connectivity index (χ1v) is 23.4. The van der Waals surface area contributed by atoms with Gasteiger partial charge in [-0.2, -0.15) is 0 Å². The lowest BCUT2D eigenvalue weighted by Crippen LogP contribution is -2.76. The summed E-state index contributed by atoms with van der Waals surface area (Å²) in [5, 5.41) is 71.3. The number of phenolic OH excluding ortho intramolecular Hbond substituents is 5. The average molecular weight is 844 g/mol. The van der Waals surface area contributed by atoms with Crippen molar-refractivity contribution in [3.8, 4) is 28.7 Å². The number of aromatic hydroxyl groups is 5. The van der Waals surface area contributed by atoms with Crippen LogP contribution in [-0.2, 0) is 24.7 Å². The van der Waals surface area contributed by atoms with E-state index in [2.05, 4.69) is 52.9 Å². The summed E-state index contributed by atoms with van der Waals surface area (Å²) in [6, 6.07) is 16.7. The van der Waals surface area contributed by atoms with Gasteiger partial charge in [0.05, 0.1) is 23.9 Å². The van der Waals surface area contributed by atoms with Crippen LogP contribution in [0.1, 0.15) is 109 Å². The second kappa shape index (κ2) is 14.2. The van der Waals surface area contributed by atoms with Crippen molar-refractivity contribution in [2.75, 3.05) is 0 Å². The molecule has 63 heavy (non-hydrogen) atoms. The van der Waals surface area contributed by atoms with Gasteiger partial charge >= 0.3 is 0 Å². The Balaban J connectivity index is 0.904. The van der Waals surface area contributed by atoms with Crippen LogP contribution >= 0.6 is 0 Å². The molecular weight excluding hydrogens is 787 g/mol. The molecule has 1 aliphatic heterocycles. The Labute approximate surface area is 368 Å². The van der Waals surface area contributed by atoms with Crippen molar-refractivity contribution >= 4 is 22.9 Å². The third-order valence-electron chi connectivity index (χ3n) is 18.0. The zero-order valence-corrected chi connectivity index (χ0v) is 35.6. The quantitative estimate of drug-likeness (QED) is 0.0476. The van der Waals surface area contributed by atoms with E-state index in [1.807, 2.05) is 18.5 Å². The van der Waals surface area contributed by atoms with E-state index < -0.39 is 6.10 Å². The smallest absolute Gasteiger partial charge is 0.169 e. The number of imidazole rings is 1. The molecule has 10 atom stereocenters. The molecule has 6 aliphatic carbocycles. The van der Waals surface area contributed by atoms with Gasteiger partial charge in [0.2, 0.25) is 0 Å². The minimum atomic E-state index is -0.500. The van der Waals surface area contributed by atoms with Crippen LogP contribution in [0.3, 0.4) is 0 Å². The predicted molar refractivity (Wildman–Crippen MR) is 243 cm³/mol. The number of rotatable bonds is 6. The van der Waals surface area contributed by atoms with Crippen LogP contribution in [0, 0.1) is 34.5 Å². The van der Waals surface area contributed by atoms with E-state index in [0.717, 1.165) is 18.4 Å². The van der Waals surface area contributed by atoms with Crippen molar-refractivity contribution in [2.45, 2.75) is 107 Å². The normalized spacial score (nSPS) is 33.8. The monoisotopic (exact) mass is 843 g/mol. The first kappa shape index (κ1) is 39.1. The number of H-pyrrole nitrogens is 1. The number of aliphatic hydroxyl groups is 1. The predicted octanol–water partition coefficient (Wildman–Crippen LogP) is 9.80. The summed E-state index contributed by atoms with van der Waals surface area (Å²) in [5.74, 6) is 0.427. The summed E-state index contributed by atoms with van der Waals surface area (Å²) in [6.45, 7) is 0. The molecular formula is C54H57N3O6. The molecule has 10 unspecified atom stereocenters. The maximum Gasteiger partial charge on any atom is 0.169 e. The standard InChI is InChI=1S/C54H57N3O6/c58-41-18-11-31(25-44(41)61)9-16-38-39-6-1-7-42(59)46(39)49(63)48(62)40(38)17-10-30-8-15-37-32(24-30)12-13-33-26-34-27-36-5-3-21-53(36)23-22-52-20-2-4-35(52)14-19-43(60)50(52)54(53,45-28-55-29-56-45)51(34)57-47(33)37/h1,6-9,11,14-16,18-19,24-26,28-29,34-36,43,47,50-51,57-63H,2-5,10,12-13,17,20-23,27H2,(H,55,56). The number of nitrogens with zero attached hydrogens (tertiary/aromatic N) is 1. The fourth-order valence-electron chi connectivity index (χ4n) is 15.7. The molecule has 4 fully saturated rings. The van der Waals surface area contributed by atoms with Crippen LogP contribution in [0.2, 0.25) is 0 Å². The number of aromatic amines is 1. The van der Waals surface area contributed by atoms with Gasteiger partial charge < -0.3 is 40.9 Å². The van der Waals surface area contributed by atoms with E-state index in [1.165, 1.54) is 98.4 Å². The highest BCUT2D eigenvalue weighted by Gasteiger charge is 2.76. The second-order valence-corrected chi connectivity index (χ2v) is 20.3. The molecule has 9 heteroatoms. The molecule has 324 valence electrons. The Kier molecular flexibility index (Phi) is 8.84. The molecule has 0 amide bonds. The van der Waals surface area contributed by atoms with E-state index in [1.54, 1.807) is 18.2 Å². The van der Waals surface area contributed by atoms with Gasteiger partial charge in [-0.15, -0.1) is 0 Å². The third-order valence-corrected chi connectivity index (χ3v) is 18.0. The highest BCUT2D eigenvalue weighted by molar-refractivity contribution is 6.03. The molecule has 2 spiro atoms. The zero-order valence-electron chi connectivity index (χ0n) is 35.6. The number of aryl methyl sites for hydroxylation is 2. The Hall–Kier alpha value is -5.51. The molecule has 12 rings (SSSR count). The van der Waals surface area contributed by atoms with Crippen molar-refractivity contribution in [1.82, 2.24) is 15.3 Å². The van der Waals surface area contributed by atoms with Crippen LogP contribution in [0.5, 0.6) is 28.7 Å². The first-order valence-electron chi connectivity index (χ1n) is 23.4. The lowest BCUT2D eigenvalue weighted by Gasteiger charge is -2.72. The summed E-state index contributed by atoms with van der Waals surface area (Å²) < 4.78 is 0. The molecule has 0 radical (unpaired) electrons. The number of hydrogen-bond acceptors (Lipinski definition) is 8. The molecule has 0 saturated heterocycles. The maximum atomic E-state index is 12.5. The van der Waals surface area contributed by atoms with Gasteiger partial charge in [-0.3, -0.25) is 0 Å². The van der Waals surface area contributed by atoms with Gasteiger partial charge in [0.25, 0.3) is 0 Å². The van der Waals surface area contributed by atoms with Crippen LogP contribution in [-0.4, -0.2) is 52.8 Å². The van der Waals surface area contributed by atoms with Crippen molar-refractivity contribution in [3.05, 3.63) is 130 Å². The Morgan fingerprint density at radius 2 is 1.70 bits per heavy atom. The molecule has 4 aromatic carbocycles. The summed E-state index contributed by atoms with van der Waals surface area (Å²) in [6.07, 6.45) is 28.4. The number of aliphatic hydroxyl groups excluding tert-OH is 1. The molecule has 9 nitrogen and oxygen atoms in total. The Bertz CT molecular complexity index is 2760. The maximum absolute atomic E-state index is 12.5. The van der Waals surface area contributed by atoms with Crippen molar-refractivity contribution in [1.29, 1.82) is 0 Å². The van der Waals surface area contributed by atoms with E-state index in [9.17, 15) is 30.6 Å². The van der Waals surface area contributed by atoms with Crippen molar-refractivity contribution in [3.63, 3.8) is 0 Å². The fraction of sp³-hybridized carbons (Fsp3) is 0.426. The molecule has 2 heterocycles.